The van der Waals surface area contributed by atoms with Crippen molar-refractivity contribution in [3.63, 3.8) is 0 Å². The van der Waals surface area contributed by atoms with Gasteiger partial charge < -0.3 is 9.67 Å². The number of piperidine rings is 1. The molecule has 0 radical (unpaired) electrons. The number of likely N-dealkylation sites (tertiary alicyclic amines) is 1. The van der Waals surface area contributed by atoms with Crippen molar-refractivity contribution in [2.24, 2.45) is 11.8 Å². The zero-order chi connectivity index (χ0) is 14.3. The van der Waals surface area contributed by atoms with E-state index in [0.717, 1.165) is 50.0 Å². The van der Waals surface area contributed by atoms with Crippen LogP contribution in [0.2, 0.25) is 0 Å². The number of aromatic hydroxyl groups is 1. The molecule has 1 saturated carbocycles. The lowest BCUT2D eigenvalue weighted by molar-refractivity contribution is 0.131. The molecule has 0 bridgehead atoms. The second-order valence-corrected chi connectivity index (χ2v) is 6.79. The highest BCUT2D eigenvalue weighted by atomic mass is 16.3. The summed E-state index contributed by atoms with van der Waals surface area (Å²) in [5.41, 5.74) is 0.798. The Morgan fingerprint density at radius 2 is 1.90 bits per heavy atom. The van der Waals surface area contributed by atoms with Crippen molar-refractivity contribution in [3.05, 3.63) is 28.2 Å². The van der Waals surface area contributed by atoms with Gasteiger partial charge in [-0.15, -0.1) is 0 Å². The predicted molar refractivity (Wildman–Crippen MR) is 78.9 cm³/mol. The van der Waals surface area contributed by atoms with Crippen molar-refractivity contribution in [2.75, 3.05) is 13.1 Å². The number of nitrogens with zero attached hydrogens (tertiary/aromatic N) is 2. The molecule has 2 atom stereocenters. The largest absolute Gasteiger partial charge is 0.503 e. The topological polar surface area (TPSA) is 45.5 Å². The molecule has 1 aliphatic carbocycles. The summed E-state index contributed by atoms with van der Waals surface area (Å²) in [6, 6.07) is 2.11. The molecule has 0 aromatic carbocycles. The molecule has 0 spiro atoms. The Morgan fingerprint density at radius 3 is 2.50 bits per heavy atom. The Labute approximate surface area is 120 Å². The summed E-state index contributed by atoms with van der Waals surface area (Å²) in [6.45, 7) is 7.62. The third-order valence-electron chi connectivity index (χ3n) is 4.41. The molecule has 1 aromatic heterocycles. The van der Waals surface area contributed by atoms with Crippen LogP contribution in [-0.2, 0) is 6.54 Å². The SMILES string of the molecule is CC1CC(C)CN(Cc2cc(=O)c(O)cn2C2CC2)C1. The Kier molecular flexibility index (Phi) is 3.59. The van der Waals surface area contributed by atoms with Gasteiger partial charge in [0.1, 0.15) is 0 Å². The summed E-state index contributed by atoms with van der Waals surface area (Å²) >= 11 is 0. The van der Waals surface area contributed by atoms with Crippen LogP contribution in [0.15, 0.2) is 17.1 Å². The number of rotatable bonds is 3. The molecule has 2 fully saturated rings. The molecule has 1 saturated heterocycles. The Balaban J connectivity index is 1.82. The second-order valence-electron chi connectivity index (χ2n) is 6.79. The summed E-state index contributed by atoms with van der Waals surface area (Å²) in [5, 5.41) is 9.64. The van der Waals surface area contributed by atoms with E-state index >= 15 is 0 Å². The van der Waals surface area contributed by atoms with Crippen LogP contribution in [0.5, 0.6) is 5.75 Å². The number of pyridine rings is 1. The van der Waals surface area contributed by atoms with Crippen LogP contribution in [0, 0.1) is 11.8 Å². The van der Waals surface area contributed by atoms with Crippen molar-refractivity contribution in [2.45, 2.75) is 45.7 Å². The zero-order valence-electron chi connectivity index (χ0n) is 12.4. The maximum atomic E-state index is 11.7. The average molecular weight is 276 g/mol. The normalized spacial score (nSPS) is 27.7. The van der Waals surface area contributed by atoms with Gasteiger partial charge in [-0.2, -0.15) is 0 Å². The number of hydrogen-bond donors (Lipinski definition) is 1. The molecule has 2 aliphatic rings. The molecule has 1 aromatic rings. The summed E-state index contributed by atoms with van der Waals surface area (Å²) in [6.07, 6.45) is 5.23. The molecule has 1 aliphatic heterocycles. The molecule has 0 amide bonds. The molecule has 2 unspecified atom stereocenters. The van der Waals surface area contributed by atoms with E-state index in [1.807, 2.05) is 0 Å². The third kappa shape index (κ3) is 2.90. The van der Waals surface area contributed by atoms with Crippen LogP contribution in [-0.4, -0.2) is 27.7 Å². The van der Waals surface area contributed by atoms with Crippen molar-refractivity contribution in [3.8, 4) is 5.75 Å². The molecule has 3 rings (SSSR count). The minimum Gasteiger partial charge on any atom is -0.503 e. The molecule has 2 heterocycles. The molecule has 20 heavy (non-hydrogen) atoms. The standard InChI is InChI=1S/C16H24N2O2/c1-11-5-12(2)8-17(7-11)9-14-6-15(19)16(20)10-18(14)13-3-4-13/h6,10-13,20H,3-5,7-9H2,1-2H3. The van der Waals surface area contributed by atoms with E-state index in [1.54, 1.807) is 12.3 Å². The van der Waals surface area contributed by atoms with Gasteiger partial charge in [-0.05, 0) is 31.1 Å². The lowest BCUT2D eigenvalue weighted by Crippen LogP contribution is -2.38. The van der Waals surface area contributed by atoms with Gasteiger partial charge in [0.15, 0.2) is 5.75 Å². The first-order valence-electron chi connectivity index (χ1n) is 7.69. The highest BCUT2D eigenvalue weighted by molar-refractivity contribution is 5.22. The fraction of sp³-hybridized carbons (Fsp3) is 0.688. The Morgan fingerprint density at radius 1 is 1.25 bits per heavy atom. The molecule has 4 heteroatoms. The molecule has 1 N–H and O–H groups in total. The zero-order valence-corrected chi connectivity index (χ0v) is 12.4. The first-order valence-corrected chi connectivity index (χ1v) is 7.69. The van der Waals surface area contributed by atoms with Crippen molar-refractivity contribution >= 4 is 0 Å². The summed E-state index contributed by atoms with van der Waals surface area (Å²) in [4.78, 5) is 14.2. The van der Waals surface area contributed by atoms with E-state index in [4.69, 9.17) is 0 Å². The van der Waals surface area contributed by atoms with Crippen molar-refractivity contribution in [1.82, 2.24) is 9.47 Å². The highest BCUT2D eigenvalue weighted by Gasteiger charge is 2.27. The van der Waals surface area contributed by atoms with Gasteiger partial charge >= 0.3 is 0 Å². The maximum Gasteiger partial charge on any atom is 0.223 e. The minimum atomic E-state index is -0.255. The average Bonchev–Trinajstić information content (AvgIpc) is 3.16. The van der Waals surface area contributed by atoms with Crippen LogP contribution in [0.1, 0.15) is 44.8 Å². The molecular weight excluding hydrogens is 252 g/mol. The lowest BCUT2D eigenvalue weighted by Gasteiger charge is -2.35. The van der Waals surface area contributed by atoms with Crippen LogP contribution in [0.3, 0.4) is 0 Å². The minimum absolute atomic E-state index is 0.124. The lowest BCUT2D eigenvalue weighted by atomic mass is 9.92. The molecular formula is C16H24N2O2. The van der Waals surface area contributed by atoms with Gasteiger partial charge in [-0.25, -0.2) is 0 Å². The van der Waals surface area contributed by atoms with Crippen LogP contribution in [0.4, 0.5) is 0 Å². The number of aromatic nitrogens is 1. The Bertz CT molecular complexity index is 538. The van der Waals surface area contributed by atoms with E-state index in [1.165, 1.54) is 6.42 Å². The van der Waals surface area contributed by atoms with Crippen LogP contribution in [0.25, 0.3) is 0 Å². The van der Waals surface area contributed by atoms with E-state index < -0.39 is 0 Å². The summed E-state index contributed by atoms with van der Waals surface area (Å²) in [5.74, 6) is 1.31. The third-order valence-corrected chi connectivity index (χ3v) is 4.41. The maximum absolute atomic E-state index is 11.7. The van der Waals surface area contributed by atoms with Gasteiger partial charge in [0.25, 0.3) is 0 Å². The quantitative estimate of drug-likeness (QED) is 0.922. The van der Waals surface area contributed by atoms with Crippen LogP contribution < -0.4 is 5.43 Å². The molecule has 4 nitrogen and oxygen atoms in total. The van der Waals surface area contributed by atoms with E-state index in [9.17, 15) is 9.90 Å². The Hall–Kier alpha value is -1.29. The van der Waals surface area contributed by atoms with E-state index in [2.05, 4.69) is 23.3 Å². The van der Waals surface area contributed by atoms with Gasteiger partial charge in [0, 0.05) is 37.4 Å². The smallest absolute Gasteiger partial charge is 0.223 e. The molecule has 110 valence electrons. The van der Waals surface area contributed by atoms with Crippen molar-refractivity contribution < 1.29 is 5.11 Å². The van der Waals surface area contributed by atoms with E-state index in [-0.39, 0.29) is 11.2 Å². The van der Waals surface area contributed by atoms with Gasteiger partial charge in [-0.3, -0.25) is 9.69 Å². The summed E-state index contributed by atoms with van der Waals surface area (Å²) in [7, 11) is 0. The van der Waals surface area contributed by atoms with E-state index in [0.29, 0.717) is 6.04 Å². The number of hydrogen-bond acceptors (Lipinski definition) is 3. The first kappa shape index (κ1) is 13.7. The van der Waals surface area contributed by atoms with Gasteiger partial charge in [-0.1, -0.05) is 13.8 Å². The first-order chi connectivity index (χ1) is 9.52. The predicted octanol–water partition coefficient (Wildman–Crippen LogP) is 2.37. The fourth-order valence-corrected chi connectivity index (χ4v) is 3.55. The van der Waals surface area contributed by atoms with Crippen molar-refractivity contribution in [1.29, 1.82) is 0 Å². The highest BCUT2D eigenvalue weighted by Crippen LogP contribution is 2.36. The monoisotopic (exact) mass is 276 g/mol. The van der Waals surface area contributed by atoms with Gasteiger partial charge in [0.05, 0.1) is 6.20 Å². The summed E-state index contributed by atoms with van der Waals surface area (Å²) < 4.78 is 2.11. The fourth-order valence-electron chi connectivity index (χ4n) is 3.55. The van der Waals surface area contributed by atoms with Crippen LogP contribution >= 0.6 is 0 Å². The second kappa shape index (κ2) is 5.24. The van der Waals surface area contributed by atoms with Gasteiger partial charge in [0.2, 0.25) is 5.43 Å².